The third-order valence-corrected chi connectivity index (χ3v) is 3.57. The molecule has 1 saturated carbocycles. The normalized spacial score (nSPS) is 16.2. The van der Waals surface area contributed by atoms with Crippen LogP contribution in [-0.4, -0.2) is 32.4 Å². The summed E-state index contributed by atoms with van der Waals surface area (Å²) in [4.78, 5) is 0. The maximum atomic E-state index is 5.72. The third kappa shape index (κ3) is 10.6. The zero-order valence-corrected chi connectivity index (χ0v) is 14.6. The molecule has 1 N–H and O–H groups in total. The first-order valence-corrected chi connectivity index (χ1v) is 8.55. The molecule has 3 nitrogen and oxygen atoms in total. The van der Waals surface area contributed by atoms with Crippen LogP contribution in [0.5, 0.6) is 0 Å². The molecule has 0 atom stereocenters. The molecular weight excluding hydrogens is 274 g/mol. The second-order valence-electron chi connectivity index (χ2n) is 6.37. The number of nitrogens with one attached hydrogen (secondary N) is 1. The van der Waals surface area contributed by atoms with E-state index in [0.29, 0.717) is 6.04 Å². The molecule has 0 heterocycles. The minimum atomic E-state index is 0.530. The van der Waals surface area contributed by atoms with Crippen molar-refractivity contribution in [3.05, 3.63) is 36.1 Å². The first-order valence-electron chi connectivity index (χ1n) is 8.55. The van der Waals surface area contributed by atoms with E-state index in [-0.39, 0.29) is 0 Å². The van der Waals surface area contributed by atoms with Crippen LogP contribution in [0.4, 0.5) is 0 Å². The molecule has 1 fully saturated rings. The average Bonchev–Trinajstić information content (AvgIpc) is 3.30. The largest absolute Gasteiger partial charge is 0.494 e. The molecule has 0 amide bonds. The van der Waals surface area contributed by atoms with Gasteiger partial charge >= 0.3 is 0 Å². The van der Waals surface area contributed by atoms with Crippen molar-refractivity contribution >= 4 is 0 Å². The number of ether oxygens (including phenoxy) is 2. The summed E-state index contributed by atoms with van der Waals surface area (Å²) in [6.07, 6.45) is 10.5. The number of rotatable bonds is 13. The van der Waals surface area contributed by atoms with Crippen LogP contribution in [0, 0.1) is 5.92 Å². The number of hydrogen-bond donors (Lipinski definition) is 1. The summed E-state index contributed by atoms with van der Waals surface area (Å²) in [6.45, 7) is 13.7. The fourth-order valence-corrected chi connectivity index (χ4v) is 1.90. The van der Waals surface area contributed by atoms with Gasteiger partial charge in [-0.3, -0.25) is 0 Å². The summed E-state index contributed by atoms with van der Waals surface area (Å²) in [5, 5.41) is 3.38. The first kappa shape index (κ1) is 19.0. The quantitative estimate of drug-likeness (QED) is 0.314. The van der Waals surface area contributed by atoms with Crippen molar-refractivity contribution in [2.24, 2.45) is 5.92 Å². The van der Waals surface area contributed by atoms with Gasteiger partial charge in [0.25, 0.3) is 0 Å². The van der Waals surface area contributed by atoms with Gasteiger partial charge in [0.2, 0.25) is 0 Å². The topological polar surface area (TPSA) is 30.5 Å². The van der Waals surface area contributed by atoms with Crippen LogP contribution in [-0.2, 0) is 9.47 Å². The molecular formula is C19H33NO2. The minimum Gasteiger partial charge on any atom is -0.494 e. The second-order valence-corrected chi connectivity index (χ2v) is 6.37. The van der Waals surface area contributed by atoms with E-state index in [0.717, 1.165) is 50.9 Å². The molecule has 0 aromatic heterocycles. The Hall–Kier alpha value is -1.06. The summed E-state index contributed by atoms with van der Waals surface area (Å²) in [5.41, 5.74) is 1.31. The van der Waals surface area contributed by atoms with Crippen molar-refractivity contribution in [2.45, 2.75) is 52.5 Å². The zero-order chi connectivity index (χ0) is 16.2. The first-order chi connectivity index (χ1) is 10.6. The van der Waals surface area contributed by atoms with Crippen LogP contribution in [0.1, 0.15) is 46.5 Å². The van der Waals surface area contributed by atoms with Crippen LogP contribution < -0.4 is 5.32 Å². The van der Waals surface area contributed by atoms with Crippen molar-refractivity contribution < 1.29 is 9.47 Å². The van der Waals surface area contributed by atoms with Gasteiger partial charge in [0, 0.05) is 12.6 Å². The van der Waals surface area contributed by atoms with Crippen LogP contribution in [0.3, 0.4) is 0 Å². The summed E-state index contributed by atoms with van der Waals surface area (Å²) >= 11 is 0. The fourth-order valence-electron chi connectivity index (χ4n) is 1.90. The molecule has 3 heteroatoms. The molecule has 1 aliphatic carbocycles. The summed E-state index contributed by atoms with van der Waals surface area (Å²) < 4.78 is 11.4. The van der Waals surface area contributed by atoms with Crippen LogP contribution in [0.15, 0.2) is 36.1 Å². The number of allylic oxidation sites excluding steroid dienone is 3. The van der Waals surface area contributed by atoms with E-state index in [1.54, 1.807) is 6.08 Å². The molecule has 0 aromatic carbocycles. The Balaban J connectivity index is 2.14. The molecule has 0 aliphatic heterocycles. The van der Waals surface area contributed by atoms with E-state index in [9.17, 15) is 0 Å². The maximum absolute atomic E-state index is 5.72. The molecule has 0 spiro atoms. The van der Waals surface area contributed by atoms with Crippen molar-refractivity contribution in [1.29, 1.82) is 0 Å². The predicted octanol–water partition coefficient (Wildman–Crippen LogP) is 4.22. The van der Waals surface area contributed by atoms with Crippen molar-refractivity contribution in [1.82, 2.24) is 5.32 Å². The fraction of sp³-hybridized carbons (Fsp3) is 0.684. The van der Waals surface area contributed by atoms with Crippen molar-refractivity contribution in [3.8, 4) is 0 Å². The van der Waals surface area contributed by atoms with E-state index in [2.05, 4.69) is 38.7 Å². The zero-order valence-electron chi connectivity index (χ0n) is 14.6. The monoisotopic (exact) mass is 307 g/mol. The Bertz CT molecular complexity index is 368. The molecule has 22 heavy (non-hydrogen) atoms. The molecule has 0 unspecified atom stereocenters. The summed E-state index contributed by atoms with van der Waals surface area (Å²) in [7, 11) is 0. The van der Waals surface area contributed by atoms with Crippen LogP contribution in [0.25, 0.3) is 0 Å². The van der Waals surface area contributed by atoms with Gasteiger partial charge < -0.3 is 14.8 Å². The van der Waals surface area contributed by atoms with Gasteiger partial charge in [-0.05, 0) is 57.2 Å². The van der Waals surface area contributed by atoms with E-state index >= 15 is 0 Å². The highest BCUT2D eigenvalue weighted by Gasteiger charge is 2.20. The van der Waals surface area contributed by atoms with Gasteiger partial charge in [0.05, 0.1) is 13.2 Å². The van der Waals surface area contributed by atoms with Crippen LogP contribution >= 0.6 is 0 Å². The lowest BCUT2D eigenvalue weighted by atomic mass is 10.2. The van der Waals surface area contributed by atoms with Gasteiger partial charge in [-0.25, -0.2) is 0 Å². The number of hydrogen-bond acceptors (Lipinski definition) is 3. The van der Waals surface area contributed by atoms with E-state index in [1.807, 2.05) is 6.08 Å². The summed E-state index contributed by atoms with van der Waals surface area (Å²) in [6, 6.07) is 0.530. The Labute approximate surface area is 136 Å². The van der Waals surface area contributed by atoms with Crippen molar-refractivity contribution in [3.63, 3.8) is 0 Å². The highest BCUT2D eigenvalue weighted by molar-refractivity contribution is 5.19. The van der Waals surface area contributed by atoms with Gasteiger partial charge in [-0.1, -0.05) is 32.1 Å². The Morgan fingerprint density at radius 2 is 2.05 bits per heavy atom. The van der Waals surface area contributed by atoms with Crippen molar-refractivity contribution in [2.75, 3.05) is 26.4 Å². The average molecular weight is 307 g/mol. The highest BCUT2D eigenvalue weighted by Crippen LogP contribution is 2.28. The Morgan fingerprint density at radius 1 is 1.27 bits per heavy atom. The van der Waals surface area contributed by atoms with Gasteiger partial charge in [-0.15, -0.1) is 0 Å². The van der Waals surface area contributed by atoms with Crippen LogP contribution in [0.2, 0.25) is 0 Å². The summed E-state index contributed by atoms with van der Waals surface area (Å²) in [5.74, 6) is 1.68. The van der Waals surface area contributed by atoms with E-state index in [4.69, 9.17) is 9.47 Å². The minimum absolute atomic E-state index is 0.530. The molecule has 0 saturated heterocycles. The Kier molecular flexibility index (Phi) is 9.93. The highest BCUT2D eigenvalue weighted by atomic mass is 16.5. The molecule has 0 bridgehead atoms. The van der Waals surface area contributed by atoms with Gasteiger partial charge in [0.1, 0.15) is 5.76 Å². The molecule has 0 radical (unpaired) electrons. The molecule has 1 aliphatic rings. The molecule has 1 rings (SSSR count). The predicted molar refractivity (Wildman–Crippen MR) is 93.9 cm³/mol. The van der Waals surface area contributed by atoms with E-state index < -0.39 is 0 Å². The smallest absolute Gasteiger partial charge is 0.118 e. The standard InChI is InChI=1S/C19H33NO2/c1-5-19(22-13-6-12-20-16(2)3)10-7-17(4)11-14-21-15-18-8-9-18/h5,7,10,16,18,20H,1,6,8-9,11-15H2,2-4H3/b17-7+,19-10+. The maximum Gasteiger partial charge on any atom is 0.118 e. The van der Waals surface area contributed by atoms with Gasteiger partial charge in [0.15, 0.2) is 0 Å². The molecule has 0 aromatic rings. The lowest BCUT2D eigenvalue weighted by Crippen LogP contribution is -2.24. The van der Waals surface area contributed by atoms with Gasteiger partial charge in [-0.2, -0.15) is 0 Å². The van der Waals surface area contributed by atoms with E-state index in [1.165, 1.54) is 18.4 Å². The Morgan fingerprint density at radius 3 is 2.68 bits per heavy atom. The lowest BCUT2D eigenvalue weighted by Gasteiger charge is -2.09. The SMILES string of the molecule is C=C/C(=C\C=C(/C)CCOCC1CC1)OCCCNC(C)C. The second kappa shape index (κ2) is 11.5. The third-order valence-electron chi connectivity index (χ3n) is 3.57. The lowest BCUT2D eigenvalue weighted by molar-refractivity contribution is 0.127. The molecule has 126 valence electrons.